The lowest BCUT2D eigenvalue weighted by atomic mass is 10.2. The molecule has 1 fully saturated rings. The van der Waals surface area contributed by atoms with Gasteiger partial charge in [0.05, 0.1) is 0 Å². The fourth-order valence-corrected chi connectivity index (χ4v) is 1.74. The highest BCUT2D eigenvalue weighted by Gasteiger charge is 2.31. The molecule has 1 saturated heterocycles. The van der Waals surface area contributed by atoms with E-state index in [9.17, 15) is 4.79 Å². The van der Waals surface area contributed by atoms with Crippen LogP contribution in [-0.2, 0) is 4.74 Å². The topological polar surface area (TPSA) is 67.6 Å². The lowest BCUT2D eigenvalue weighted by Gasteiger charge is -2.28. The van der Waals surface area contributed by atoms with Gasteiger partial charge in [0, 0.05) is 19.1 Å². The van der Waals surface area contributed by atoms with Crippen LogP contribution < -0.4 is 11.3 Å². The number of nitrogens with one attached hydrogen (secondary N) is 1. The van der Waals surface area contributed by atoms with Crippen molar-refractivity contribution >= 4 is 6.09 Å². The first-order valence-electron chi connectivity index (χ1n) is 5.37. The number of carbonyl (C=O) groups excluding carboxylic acids is 1. The molecule has 1 aliphatic rings. The van der Waals surface area contributed by atoms with Crippen LogP contribution >= 0.6 is 0 Å². The van der Waals surface area contributed by atoms with E-state index in [-0.39, 0.29) is 12.1 Å². The molecule has 1 rings (SSSR count). The zero-order valence-corrected chi connectivity index (χ0v) is 9.75. The van der Waals surface area contributed by atoms with Crippen LogP contribution in [0.5, 0.6) is 0 Å². The number of nitrogens with two attached hydrogens (primary N) is 1. The summed E-state index contributed by atoms with van der Waals surface area (Å²) in [5, 5.41) is 0. The number of ether oxygens (including phenoxy) is 1. The van der Waals surface area contributed by atoms with E-state index in [0.29, 0.717) is 6.54 Å². The molecule has 0 aromatic heterocycles. The highest BCUT2D eigenvalue weighted by Crippen LogP contribution is 2.19. The van der Waals surface area contributed by atoms with Gasteiger partial charge in [-0.05, 0) is 33.6 Å². The SMILES string of the molecule is CC(C)(C)OC(=O)N1CCC[C@H]1CNN. The lowest BCUT2D eigenvalue weighted by molar-refractivity contribution is 0.0227. The second kappa shape index (κ2) is 4.81. The average Bonchev–Trinajstić information content (AvgIpc) is 2.49. The molecule has 5 heteroatoms. The van der Waals surface area contributed by atoms with Gasteiger partial charge in [0.2, 0.25) is 0 Å². The molecule has 5 nitrogen and oxygen atoms in total. The van der Waals surface area contributed by atoms with Crippen LogP contribution in [0, 0.1) is 0 Å². The van der Waals surface area contributed by atoms with E-state index in [0.717, 1.165) is 19.4 Å². The van der Waals surface area contributed by atoms with E-state index in [1.54, 1.807) is 4.90 Å². The molecule has 0 aromatic rings. The van der Waals surface area contributed by atoms with Gasteiger partial charge < -0.3 is 9.64 Å². The van der Waals surface area contributed by atoms with Gasteiger partial charge in [-0.25, -0.2) is 4.79 Å². The number of hydrogen-bond acceptors (Lipinski definition) is 4. The zero-order valence-electron chi connectivity index (χ0n) is 9.75. The van der Waals surface area contributed by atoms with Crippen molar-refractivity contribution in [1.82, 2.24) is 10.3 Å². The van der Waals surface area contributed by atoms with Crippen LogP contribution in [0.1, 0.15) is 33.6 Å². The Balaban J connectivity index is 2.51. The van der Waals surface area contributed by atoms with Gasteiger partial charge in [-0.3, -0.25) is 11.3 Å². The Morgan fingerprint density at radius 1 is 1.60 bits per heavy atom. The molecule has 1 heterocycles. The molecule has 0 unspecified atom stereocenters. The fourth-order valence-electron chi connectivity index (χ4n) is 1.74. The summed E-state index contributed by atoms with van der Waals surface area (Å²) in [5.41, 5.74) is 2.18. The number of carbonyl (C=O) groups is 1. The van der Waals surface area contributed by atoms with Crippen molar-refractivity contribution in [1.29, 1.82) is 0 Å². The van der Waals surface area contributed by atoms with Gasteiger partial charge in [0.15, 0.2) is 0 Å². The normalized spacial score (nSPS) is 21.9. The minimum absolute atomic E-state index is 0.171. The molecule has 0 aromatic carbocycles. The van der Waals surface area contributed by atoms with Gasteiger partial charge in [-0.15, -0.1) is 0 Å². The predicted molar refractivity (Wildman–Crippen MR) is 58.2 cm³/mol. The quantitative estimate of drug-likeness (QED) is 0.529. The smallest absolute Gasteiger partial charge is 0.410 e. The van der Waals surface area contributed by atoms with Crippen molar-refractivity contribution in [3.63, 3.8) is 0 Å². The summed E-state index contributed by atoms with van der Waals surface area (Å²) in [5.74, 6) is 5.27. The summed E-state index contributed by atoms with van der Waals surface area (Å²) in [6.45, 7) is 7.01. The average molecular weight is 215 g/mol. The van der Waals surface area contributed by atoms with E-state index in [4.69, 9.17) is 10.6 Å². The first kappa shape index (κ1) is 12.3. The van der Waals surface area contributed by atoms with Crippen LogP contribution in [0.4, 0.5) is 4.79 Å². The largest absolute Gasteiger partial charge is 0.444 e. The number of amides is 1. The third-order valence-corrected chi connectivity index (χ3v) is 2.36. The van der Waals surface area contributed by atoms with Crippen molar-refractivity contribution in [3.8, 4) is 0 Å². The molecule has 3 N–H and O–H groups in total. The van der Waals surface area contributed by atoms with Gasteiger partial charge in [-0.1, -0.05) is 0 Å². The molecule has 1 aliphatic heterocycles. The number of nitrogens with zero attached hydrogens (tertiary/aromatic N) is 1. The van der Waals surface area contributed by atoms with E-state index in [1.165, 1.54) is 0 Å². The van der Waals surface area contributed by atoms with Crippen molar-refractivity contribution in [3.05, 3.63) is 0 Å². The van der Waals surface area contributed by atoms with Gasteiger partial charge in [0.25, 0.3) is 0 Å². The molecule has 15 heavy (non-hydrogen) atoms. The second-order valence-electron chi connectivity index (χ2n) is 4.88. The number of hydrogen-bond donors (Lipinski definition) is 2. The minimum atomic E-state index is -0.430. The maximum Gasteiger partial charge on any atom is 0.410 e. The fraction of sp³-hybridized carbons (Fsp3) is 0.900. The van der Waals surface area contributed by atoms with E-state index in [1.807, 2.05) is 20.8 Å². The van der Waals surface area contributed by atoms with Crippen LogP contribution in [0.25, 0.3) is 0 Å². The Labute approximate surface area is 90.9 Å². The Hall–Kier alpha value is -0.810. The monoisotopic (exact) mass is 215 g/mol. The highest BCUT2D eigenvalue weighted by molar-refractivity contribution is 5.69. The van der Waals surface area contributed by atoms with Crippen LogP contribution in [0.2, 0.25) is 0 Å². The van der Waals surface area contributed by atoms with Gasteiger partial charge in [0.1, 0.15) is 5.60 Å². The summed E-state index contributed by atoms with van der Waals surface area (Å²) >= 11 is 0. The number of rotatable bonds is 2. The Kier molecular flexibility index (Phi) is 3.93. The van der Waals surface area contributed by atoms with Crippen LogP contribution in [0.3, 0.4) is 0 Å². The van der Waals surface area contributed by atoms with Crippen LogP contribution in [0.15, 0.2) is 0 Å². The van der Waals surface area contributed by atoms with Crippen molar-refractivity contribution < 1.29 is 9.53 Å². The van der Waals surface area contributed by atoms with Gasteiger partial charge >= 0.3 is 6.09 Å². The van der Waals surface area contributed by atoms with Crippen molar-refractivity contribution in [2.24, 2.45) is 5.84 Å². The second-order valence-corrected chi connectivity index (χ2v) is 4.88. The molecule has 0 spiro atoms. The molecular weight excluding hydrogens is 194 g/mol. The molecule has 0 bridgehead atoms. The molecule has 0 radical (unpaired) electrons. The Morgan fingerprint density at radius 2 is 2.27 bits per heavy atom. The summed E-state index contributed by atoms with van der Waals surface area (Å²) in [6.07, 6.45) is 1.77. The first-order valence-corrected chi connectivity index (χ1v) is 5.37. The summed E-state index contributed by atoms with van der Waals surface area (Å²) in [6, 6.07) is 0.171. The van der Waals surface area contributed by atoms with E-state index in [2.05, 4.69) is 5.43 Å². The summed E-state index contributed by atoms with van der Waals surface area (Å²) < 4.78 is 5.32. The first-order chi connectivity index (χ1) is 6.94. The third kappa shape index (κ3) is 3.68. The predicted octanol–water partition coefficient (Wildman–Crippen LogP) is 0.849. The van der Waals surface area contributed by atoms with Crippen LogP contribution in [-0.4, -0.2) is 35.7 Å². The Morgan fingerprint density at radius 3 is 2.80 bits per heavy atom. The zero-order chi connectivity index (χ0) is 11.5. The standard InChI is InChI=1S/C10H21N3O2/c1-10(2,3)15-9(14)13-6-4-5-8(13)7-12-11/h8,12H,4-7,11H2,1-3H3/t8-/m0/s1. The molecule has 88 valence electrons. The third-order valence-electron chi connectivity index (χ3n) is 2.36. The van der Waals surface area contributed by atoms with E-state index >= 15 is 0 Å². The van der Waals surface area contributed by atoms with Crippen molar-refractivity contribution in [2.45, 2.75) is 45.3 Å². The number of hydrazine groups is 1. The maximum absolute atomic E-state index is 11.8. The van der Waals surface area contributed by atoms with E-state index < -0.39 is 5.60 Å². The molecule has 0 saturated carbocycles. The molecule has 1 amide bonds. The number of likely N-dealkylation sites (tertiary alicyclic amines) is 1. The highest BCUT2D eigenvalue weighted by atomic mass is 16.6. The minimum Gasteiger partial charge on any atom is -0.444 e. The van der Waals surface area contributed by atoms with Crippen molar-refractivity contribution in [2.75, 3.05) is 13.1 Å². The summed E-state index contributed by atoms with van der Waals surface area (Å²) in [4.78, 5) is 13.5. The lowest BCUT2D eigenvalue weighted by Crippen LogP contribution is -2.45. The molecule has 0 aliphatic carbocycles. The maximum atomic E-state index is 11.8. The van der Waals surface area contributed by atoms with Gasteiger partial charge in [-0.2, -0.15) is 0 Å². The Bertz CT molecular complexity index is 225. The molecular formula is C10H21N3O2. The molecule has 1 atom stereocenters. The summed E-state index contributed by atoms with van der Waals surface area (Å²) in [7, 11) is 0.